The molecule has 0 radical (unpaired) electrons. The van der Waals surface area contributed by atoms with Gasteiger partial charge in [0, 0.05) is 0 Å². The largest absolute Gasteiger partial charge is 0.394 e. The lowest BCUT2D eigenvalue weighted by Crippen LogP contribution is -2.60. The van der Waals surface area contributed by atoms with Gasteiger partial charge in [-0.2, -0.15) is 0 Å². The average Bonchev–Trinajstić information content (AvgIpc) is 3.30. The minimum Gasteiger partial charge on any atom is -0.394 e. The minimum atomic E-state index is -1.40. The Morgan fingerprint density at radius 2 is 1.71 bits per heavy atom. The maximum atomic E-state index is 10.5. The van der Waals surface area contributed by atoms with Crippen molar-refractivity contribution in [2.75, 3.05) is 6.61 Å². The first kappa shape index (κ1) is 31.9. The van der Waals surface area contributed by atoms with Crippen molar-refractivity contribution in [2.45, 2.75) is 149 Å². The molecule has 4 N–H and O–H groups in total. The first-order chi connectivity index (χ1) is 19.4. The fourth-order valence-corrected chi connectivity index (χ4v) is 10.8. The molecule has 4 aliphatic carbocycles. The van der Waals surface area contributed by atoms with Crippen LogP contribution in [0.25, 0.3) is 0 Å². The molecule has 1 heterocycles. The van der Waals surface area contributed by atoms with Gasteiger partial charge in [-0.3, -0.25) is 0 Å². The van der Waals surface area contributed by atoms with Crippen molar-refractivity contribution in [2.24, 2.45) is 52.3 Å². The third kappa shape index (κ3) is 5.73. The second-order valence-corrected chi connectivity index (χ2v) is 15.7. The number of fused-ring (bicyclic) bond motifs is 5. The minimum absolute atomic E-state index is 0.101. The van der Waals surface area contributed by atoms with Gasteiger partial charge in [-0.25, -0.2) is 0 Å². The standard InChI is InChI=1S/C35H60O6/c1-7-22(20(2)3)9-8-21(4)26-12-13-27-25-11-10-23-18-24(14-16-34(23,5)28(25)15-17-35(26,27)6)40-33-32(39)31(38)30(37)29(19-36)41-33/h10,20-22,24-33,36-39H,7-9,11-19H2,1-6H3/t21?,22-,24+,25?,26-,27+,28+,29-,30+,31+,32-,33-,34+,35-/m1/s1. The second-order valence-electron chi connectivity index (χ2n) is 15.7. The molecular formula is C35H60O6. The van der Waals surface area contributed by atoms with Crippen LogP contribution in [-0.2, 0) is 9.47 Å². The van der Waals surface area contributed by atoms with Crippen molar-refractivity contribution in [1.29, 1.82) is 0 Å². The maximum Gasteiger partial charge on any atom is 0.186 e. The summed E-state index contributed by atoms with van der Waals surface area (Å²) in [6.45, 7) is 14.5. The van der Waals surface area contributed by atoms with Crippen LogP contribution in [0.1, 0.15) is 112 Å². The van der Waals surface area contributed by atoms with Crippen LogP contribution >= 0.6 is 0 Å². The third-order valence-corrected chi connectivity index (χ3v) is 13.5. The molecule has 236 valence electrons. The van der Waals surface area contributed by atoms with Crippen molar-refractivity contribution < 1.29 is 29.9 Å². The van der Waals surface area contributed by atoms with Gasteiger partial charge in [0.2, 0.25) is 0 Å². The van der Waals surface area contributed by atoms with E-state index in [-0.39, 0.29) is 11.5 Å². The molecule has 3 saturated carbocycles. The molecule has 5 aliphatic rings. The van der Waals surface area contributed by atoms with Gasteiger partial charge in [0.15, 0.2) is 6.29 Å². The van der Waals surface area contributed by atoms with Gasteiger partial charge in [0.05, 0.1) is 12.7 Å². The molecule has 0 aromatic heterocycles. The van der Waals surface area contributed by atoms with Crippen LogP contribution in [0.5, 0.6) is 0 Å². The van der Waals surface area contributed by atoms with Crippen LogP contribution in [0, 0.1) is 52.3 Å². The SMILES string of the molecule is CC[C@H](CCC(C)[C@H]1CC[C@H]2C3CC=C4C[C@@H](O[C@@H]5O[C@H](CO)[C@H](O)[C@H](O)[C@H]5O)CC[C@]4(C)[C@H]3CC[C@]12C)C(C)C. The molecule has 4 fully saturated rings. The monoisotopic (exact) mass is 576 g/mol. The van der Waals surface area contributed by atoms with Crippen LogP contribution in [-0.4, -0.2) is 63.8 Å². The highest BCUT2D eigenvalue weighted by Crippen LogP contribution is 2.67. The smallest absolute Gasteiger partial charge is 0.186 e. The molecule has 41 heavy (non-hydrogen) atoms. The topological polar surface area (TPSA) is 99.4 Å². The third-order valence-electron chi connectivity index (χ3n) is 13.5. The van der Waals surface area contributed by atoms with Crippen molar-refractivity contribution >= 4 is 0 Å². The predicted molar refractivity (Wildman–Crippen MR) is 161 cm³/mol. The van der Waals surface area contributed by atoms with Gasteiger partial charge < -0.3 is 29.9 Å². The number of allylic oxidation sites excluding steroid dienone is 1. The molecule has 0 amide bonds. The van der Waals surface area contributed by atoms with Gasteiger partial charge in [0.25, 0.3) is 0 Å². The van der Waals surface area contributed by atoms with Crippen LogP contribution in [0.3, 0.4) is 0 Å². The summed E-state index contributed by atoms with van der Waals surface area (Å²) in [5.74, 6) is 5.66. The maximum absolute atomic E-state index is 10.5. The zero-order chi connectivity index (χ0) is 29.7. The average molecular weight is 577 g/mol. The molecule has 2 unspecified atom stereocenters. The van der Waals surface area contributed by atoms with E-state index in [2.05, 4.69) is 47.6 Å². The Labute approximate surface area is 249 Å². The lowest BCUT2D eigenvalue weighted by atomic mass is 9.47. The number of hydrogen-bond acceptors (Lipinski definition) is 6. The van der Waals surface area contributed by atoms with E-state index in [1.165, 1.54) is 56.9 Å². The Hall–Kier alpha value is -0.500. The van der Waals surface area contributed by atoms with Crippen LogP contribution in [0.2, 0.25) is 0 Å². The Bertz CT molecular complexity index is 918. The Kier molecular flexibility index (Phi) is 9.71. The molecule has 0 aromatic carbocycles. The van der Waals surface area contributed by atoms with Gasteiger partial charge in [-0.1, -0.05) is 66.0 Å². The van der Waals surface area contributed by atoms with E-state index in [9.17, 15) is 20.4 Å². The van der Waals surface area contributed by atoms with Gasteiger partial charge in [0.1, 0.15) is 24.4 Å². The number of rotatable bonds is 9. The molecule has 6 heteroatoms. The van der Waals surface area contributed by atoms with Crippen LogP contribution in [0.4, 0.5) is 0 Å². The van der Waals surface area contributed by atoms with E-state index in [1.54, 1.807) is 0 Å². The van der Waals surface area contributed by atoms with Gasteiger partial charge in [-0.15, -0.1) is 0 Å². The fourth-order valence-electron chi connectivity index (χ4n) is 10.8. The molecule has 1 aliphatic heterocycles. The van der Waals surface area contributed by atoms with Gasteiger partial charge in [-0.05, 0) is 110 Å². The molecule has 6 nitrogen and oxygen atoms in total. The highest BCUT2D eigenvalue weighted by atomic mass is 16.7. The van der Waals surface area contributed by atoms with Crippen molar-refractivity contribution in [3.63, 3.8) is 0 Å². The normalized spacial score (nSPS) is 47.7. The summed E-state index contributed by atoms with van der Waals surface area (Å²) in [7, 11) is 0. The van der Waals surface area contributed by atoms with Crippen molar-refractivity contribution in [1.82, 2.24) is 0 Å². The van der Waals surface area contributed by atoms with Gasteiger partial charge >= 0.3 is 0 Å². The quantitative estimate of drug-likeness (QED) is 0.257. The lowest BCUT2D eigenvalue weighted by Gasteiger charge is -2.58. The zero-order valence-corrected chi connectivity index (χ0v) is 26.7. The summed E-state index contributed by atoms with van der Waals surface area (Å²) in [5, 5.41) is 40.4. The number of hydrogen-bond donors (Lipinski definition) is 4. The highest BCUT2D eigenvalue weighted by molar-refractivity contribution is 5.25. The summed E-state index contributed by atoms with van der Waals surface area (Å²) in [6, 6.07) is 0. The number of aliphatic hydroxyl groups excluding tert-OH is 4. The molecule has 0 spiro atoms. The van der Waals surface area contributed by atoms with E-state index < -0.39 is 37.3 Å². The van der Waals surface area contributed by atoms with E-state index in [0.717, 1.165) is 60.7 Å². The second kappa shape index (κ2) is 12.5. The molecule has 5 rings (SSSR count). The Balaban J connectivity index is 1.24. The fraction of sp³-hybridized carbons (Fsp3) is 0.943. The molecule has 1 saturated heterocycles. The number of ether oxygens (including phenoxy) is 2. The Morgan fingerprint density at radius 1 is 0.951 bits per heavy atom. The highest BCUT2D eigenvalue weighted by Gasteiger charge is 2.59. The lowest BCUT2D eigenvalue weighted by molar-refractivity contribution is -0.313. The predicted octanol–water partition coefficient (Wildman–Crippen LogP) is 5.85. The van der Waals surface area contributed by atoms with Crippen LogP contribution < -0.4 is 0 Å². The summed E-state index contributed by atoms with van der Waals surface area (Å²) in [4.78, 5) is 0. The Morgan fingerprint density at radius 3 is 2.39 bits per heavy atom. The summed E-state index contributed by atoms with van der Waals surface area (Å²) in [5.41, 5.74) is 2.19. The summed E-state index contributed by atoms with van der Waals surface area (Å²) < 4.78 is 11.9. The molecular weight excluding hydrogens is 516 g/mol. The van der Waals surface area contributed by atoms with E-state index in [4.69, 9.17) is 9.47 Å². The summed E-state index contributed by atoms with van der Waals surface area (Å²) in [6.07, 6.45) is 9.92. The van der Waals surface area contributed by atoms with Crippen molar-refractivity contribution in [3.8, 4) is 0 Å². The van der Waals surface area contributed by atoms with Crippen LogP contribution in [0.15, 0.2) is 11.6 Å². The van der Waals surface area contributed by atoms with E-state index in [1.807, 2.05) is 0 Å². The van der Waals surface area contributed by atoms with E-state index >= 15 is 0 Å². The van der Waals surface area contributed by atoms with E-state index in [0.29, 0.717) is 5.41 Å². The summed E-state index contributed by atoms with van der Waals surface area (Å²) >= 11 is 0. The first-order valence-electron chi connectivity index (χ1n) is 17.1. The number of aliphatic hydroxyl groups is 4. The zero-order valence-electron chi connectivity index (χ0n) is 26.7. The molecule has 14 atom stereocenters. The molecule has 0 aromatic rings. The first-order valence-corrected chi connectivity index (χ1v) is 17.1. The van der Waals surface area contributed by atoms with Crippen molar-refractivity contribution in [3.05, 3.63) is 11.6 Å². The molecule has 0 bridgehead atoms.